The van der Waals surface area contributed by atoms with E-state index in [1.165, 1.54) is 24.0 Å². The highest BCUT2D eigenvalue weighted by Crippen LogP contribution is 2.29. The van der Waals surface area contributed by atoms with Crippen LogP contribution in [0, 0.1) is 18.8 Å². The van der Waals surface area contributed by atoms with E-state index in [9.17, 15) is 9.59 Å². The van der Waals surface area contributed by atoms with Crippen molar-refractivity contribution in [2.45, 2.75) is 65.0 Å². The number of carbonyl (C=O) groups excluding carboxylic acids is 2. The van der Waals surface area contributed by atoms with E-state index in [4.69, 9.17) is 11.6 Å². The number of Topliss-reactive ketones (excluding diaryl/α,β-unsaturated/α-hetero) is 1. The summed E-state index contributed by atoms with van der Waals surface area (Å²) in [6.07, 6.45) is 5.64. The Balaban J connectivity index is 1.37. The average Bonchev–Trinajstić information content (AvgIpc) is 3.23. The fourth-order valence-electron chi connectivity index (χ4n) is 5.40. The number of nitrogens with one attached hydrogen (secondary N) is 1. The molecule has 0 aromatic heterocycles. The van der Waals surface area contributed by atoms with Crippen LogP contribution in [0.2, 0.25) is 5.02 Å². The lowest BCUT2D eigenvalue weighted by Gasteiger charge is -2.41. The van der Waals surface area contributed by atoms with Crippen molar-refractivity contribution in [2.75, 3.05) is 32.7 Å². The monoisotopic (exact) mass is 445 g/mol. The molecule has 0 unspecified atom stereocenters. The predicted molar refractivity (Wildman–Crippen MR) is 124 cm³/mol. The van der Waals surface area contributed by atoms with Gasteiger partial charge in [-0.3, -0.25) is 14.5 Å². The van der Waals surface area contributed by atoms with Crippen LogP contribution in [0.15, 0.2) is 12.1 Å². The Morgan fingerprint density at radius 3 is 2.48 bits per heavy atom. The third kappa shape index (κ3) is 5.50. The molecule has 1 atom stereocenters. The number of ketones is 1. The quantitative estimate of drug-likeness (QED) is 0.696. The molecular weight excluding hydrogens is 410 g/mol. The molecule has 3 fully saturated rings. The Morgan fingerprint density at radius 1 is 1.13 bits per heavy atom. The molecule has 1 saturated carbocycles. The minimum atomic E-state index is 0.235. The van der Waals surface area contributed by atoms with Gasteiger partial charge in [0.25, 0.3) is 0 Å². The van der Waals surface area contributed by atoms with E-state index in [0.29, 0.717) is 35.5 Å². The molecule has 1 N–H and O–H groups in total. The SMILES string of the molecule is Cc1c(CC(=O)CC2CNC2)cc(Cl)cc1CN1CCN(C(=O)C2CCCC2)[C@@H](C)C1. The van der Waals surface area contributed by atoms with Crippen molar-refractivity contribution in [3.63, 3.8) is 0 Å². The molecule has 6 heteroatoms. The Kier molecular flexibility index (Phi) is 7.35. The maximum absolute atomic E-state index is 12.9. The third-order valence-electron chi connectivity index (χ3n) is 7.45. The number of nitrogens with zero attached hydrogens (tertiary/aromatic N) is 2. The van der Waals surface area contributed by atoms with Crippen molar-refractivity contribution in [1.82, 2.24) is 15.1 Å². The van der Waals surface area contributed by atoms with Crippen LogP contribution in [0.3, 0.4) is 0 Å². The lowest BCUT2D eigenvalue weighted by molar-refractivity contribution is -0.140. The van der Waals surface area contributed by atoms with Crippen molar-refractivity contribution in [1.29, 1.82) is 0 Å². The minimum Gasteiger partial charge on any atom is -0.337 e. The summed E-state index contributed by atoms with van der Waals surface area (Å²) in [5.74, 6) is 1.41. The summed E-state index contributed by atoms with van der Waals surface area (Å²) in [5, 5.41) is 3.94. The summed E-state index contributed by atoms with van der Waals surface area (Å²) in [5.41, 5.74) is 3.44. The molecule has 4 rings (SSSR count). The zero-order valence-corrected chi connectivity index (χ0v) is 19.7. The van der Waals surface area contributed by atoms with Crippen LogP contribution in [-0.4, -0.2) is 60.3 Å². The van der Waals surface area contributed by atoms with E-state index in [1.807, 2.05) is 12.1 Å². The summed E-state index contributed by atoms with van der Waals surface area (Å²) in [7, 11) is 0. The van der Waals surface area contributed by atoms with Crippen LogP contribution < -0.4 is 5.32 Å². The lowest BCUT2D eigenvalue weighted by atomic mass is 9.91. The topological polar surface area (TPSA) is 52.7 Å². The van der Waals surface area contributed by atoms with Gasteiger partial charge in [0.1, 0.15) is 5.78 Å². The average molecular weight is 446 g/mol. The molecule has 5 nitrogen and oxygen atoms in total. The molecule has 2 saturated heterocycles. The van der Waals surface area contributed by atoms with Gasteiger partial charge in [-0.2, -0.15) is 0 Å². The fourth-order valence-corrected chi connectivity index (χ4v) is 5.66. The van der Waals surface area contributed by atoms with Gasteiger partial charge in [0, 0.05) is 56.0 Å². The number of rotatable bonds is 7. The van der Waals surface area contributed by atoms with E-state index >= 15 is 0 Å². The van der Waals surface area contributed by atoms with E-state index < -0.39 is 0 Å². The van der Waals surface area contributed by atoms with Crippen LogP contribution >= 0.6 is 11.6 Å². The smallest absolute Gasteiger partial charge is 0.226 e. The van der Waals surface area contributed by atoms with Crippen LogP contribution in [0.5, 0.6) is 0 Å². The third-order valence-corrected chi connectivity index (χ3v) is 7.67. The van der Waals surface area contributed by atoms with E-state index in [1.54, 1.807) is 0 Å². The maximum atomic E-state index is 12.9. The first-order valence-corrected chi connectivity index (χ1v) is 12.3. The van der Waals surface area contributed by atoms with Crippen molar-refractivity contribution in [2.24, 2.45) is 11.8 Å². The highest BCUT2D eigenvalue weighted by atomic mass is 35.5. The molecule has 2 aliphatic heterocycles. The second-order valence-electron chi connectivity index (χ2n) is 9.89. The van der Waals surface area contributed by atoms with Gasteiger partial charge in [-0.25, -0.2) is 0 Å². The van der Waals surface area contributed by atoms with Gasteiger partial charge >= 0.3 is 0 Å². The van der Waals surface area contributed by atoms with E-state index in [-0.39, 0.29) is 12.0 Å². The lowest BCUT2D eigenvalue weighted by Crippen LogP contribution is -2.54. The Labute approximate surface area is 191 Å². The molecule has 1 aliphatic carbocycles. The number of carbonyl (C=O) groups is 2. The Hall–Kier alpha value is -1.43. The molecular formula is C25H36ClN3O2. The number of benzene rings is 1. The molecule has 0 radical (unpaired) electrons. The van der Waals surface area contributed by atoms with Crippen LogP contribution in [-0.2, 0) is 22.6 Å². The molecule has 1 aromatic rings. The van der Waals surface area contributed by atoms with Crippen LogP contribution in [0.4, 0.5) is 0 Å². The molecule has 1 amide bonds. The van der Waals surface area contributed by atoms with E-state index in [0.717, 1.165) is 57.7 Å². The number of piperazine rings is 1. The summed E-state index contributed by atoms with van der Waals surface area (Å²) in [4.78, 5) is 29.9. The minimum absolute atomic E-state index is 0.235. The zero-order valence-electron chi connectivity index (χ0n) is 19.0. The molecule has 1 aromatic carbocycles. The number of halogens is 1. The van der Waals surface area contributed by atoms with Gasteiger partial charge < -0.3 is 10.2 Å². The number of hydrogen-bond donors (Lipinski definition) is 1. The first-order chi connectivity index (χ1) is 14.9. The molecule has 0 bridgehead atoms. The Bertz CT molecular complexity index is 817. The standard InChI is InChI=1S/C25H36ClN3O2/c1-17-15-28(7-8-29(17)25(31)20-5-3-4-6-20)16-22-11-23(26)10-21(18(22)2)12-24(30)9-19-13-27-14-19/h10-11,17,19-20,27H,3-9,12-16H2,1-2H3/t17-/m0/s1. The molecule has 2 heterocycles. The van der Waals surface area contributed by atoms with Gasteiger partial charge in [-0.1, -0.05) is 24.4 Å². The normalized spacial score (nSPS) is 23.2. The highest BCUT2D eigenvalue weighted by Gasteiger charge is 2.33. The second-order valence-corrected chi connectivity index (χ2v) is 10.3. The largest absolute Gasteiger partial charge is 0.337 e. The first-order valence-electron chi connectivity index (χ1n) is 11.9. The van der Waals surface area contributed by atoms with Crippen molar-refractivity contribution in [3.05, 3.63) is 33.8 Å². The van der Waals surface area contributed by atoms with Gasteiger partial charge in [0.2, 0.25) is 5.91 Å². The molecule has 3 aliphatic rings. The summed E-state index contributed by atoms with van der Waals surface area (Å²) in [6, 6.07) is 4.23. The van der Waals surface area contributed by atoms with Gasteiger partial charge in [-0.15, -0.1) is 0 Å². The van der Waals surface area contributed by atoms with Gasteiger partial charge in [0.15, 0.2) is 0 Å². The maximum Gasteiger partial charge on any atom is 0.226 e. The first kappa shape index (κ1) is 22.8. The van der Waals surface area contributed by atoms with Crippen molar-refractivity contribution < 1.29 is 9.59 Å². The summed E-state index contributed by atoms with van der Waals surface area (Å²) in [6.45, 7) is 9.58. The Morgan fingerprint density at radius 2 is 1.84 bits per heavy atom. The number of amides is 1. The van der Waals surface area contributed by atoms with Crippen molar-refractivity contribution >= 4 is 23.3 Å². The van der Waals surface area contributed by atoms with Gasteiger partial charge in [-0.05, 0) is 74.5 Å². The predicted octanol–water partition coefficient (Wildman–Crippen LogP) is 3.59. The molecule has 0 spiro atoms. The molecule has 170 valence electrons. The highest BCUT2D eigenvalue weighted by molar-refractivity contribution is 6.30. The second kappa shape index (κ2) is 10.0. The number of hydrogen-bond acceptors (Lipinski definition) is 4. The summed E-state index contributed by atoms with van der Waals surface area (Å²) < 4.78 is 0. The van der Waals surface area contributed by atoms with Crippen molar-refractivity contribution in [3.8, 4) is 0 Å². The van der Waals surface area contributed by atoms with Gasteiger partial charge in [0.05, 0.1) is 0 Å². The summed E-state index contributed by atoms with van der Waals surface area (Å²) >= 11 is 6.44. The van der Waals surface area contributed by atoms with E-state index in [2.05, 4.69) is 29.0 Å². The van der Waals surface area contributed by atoms with Crippen LogP contribution in [0.25, 0.3) is 0 Å². The zero-order chi connectivity index (χ0) is 22.0. The fraction of sp³-hybridized carbons (Fsp3) is 0.680. The molecule has 31 heavy (non-hydrogen) atoms. The van der Waals surface area contributed by atoms with Crippen LogP contribution in [0.1, 0.15) is 55.7 Å².